The van der Waals surface area contributed by atoms with Crippen LogP contribution in [-0.4, -0.2) is 9.38 Å². The topological polar surface area (TPSA) is 17.3 Å². The average Bonchev–Trinajstić information content (AvgIpc) is 2.85. The normalized spacial score (nSPS) is 10.8. The van der Waals surface area contributed by atoms with Gasteiger partial charge in [0.25, 0.3) is 0 Å². The lowest BCUT2D eigenvalue weighted by Crippen LogP contribution is -1.93. The van der Waals surface area contributed by atoms with E-state index >= 15 is 0 Å². The molecule has 0 unspecified atom stereocenters. The second-order valence-corrected chi connectivity index (χ2v) is 4.91. The molecule has 0 N–H and O–H groups in total. The molecule has 0 aliphatic heterocycles. The van der Waals surface area contributed by atoms with Crippen LogP contribution in [0.5, 0.6) is 0 Å². The summed E-state index contributed by atoms with van der Waals surface area (Å²) >= 11 is 0. The third kappa shape index (κ3) is 2.06. The van der Waals surface area contributed by atoms with E-state index in [1.54, 1.807) is 6.20 Å². The fraction of sp³-hybridized carbons (Fsp3) is 0.118. The van der Waals surface area contributed by atoms with Gasteiger partial charge in [0.15, 0.2) is 0 Å². The first kappa shape index (κ1) is 11.7. The second kappa shape index (κ2) is 4.39. The molecule has 3 rings (SSSR count). The van der Waals surface area contributed by atoms with Crippen LogP contribution in [0.2, 0.25) is 0 Å². The first-order valence-electron chi connectivity index (χ1n) is 6.35. The Bertz CT molecular complexity index is 766. The molecule has 0 atom stereocenters. The quantitative estimate of drug-likeness (QED) is 0.669. The minimum Gasteiger partial charge on any atom is -0.307 e. The van der Waals surface area contributed by atoms with E-state index in [0.29, 0.717) is 0 Å². The lowest BCUT2D eigenvalue weighted by Gasteiger charge is -2.10. The molecule has 0 bridgehead atoms. The third-order valence-electron chi connectivity index (χ3n) is 3.45. The number of pyridine rings is 1. The largest absolute Gasteiger partial charge is 0.307 e. The van der Waals surface area contributed by atoms with E-state index in [0.717, 1.165) is 16.8 Å². The van der Waals surface area contributed by atoms with Gasteiger partial charge in [0.2, 0.25) is 0 Å². The van der Waals surface area contributed by atoms with Crippen LogP contribution in [0.4, 0.5) is 0 Å². The molecule has 1 aromatic carbocycles. The van der Waals surface area contributed by atoms with Crippen LogP contribution in [0.15, 0.2) is 55.5 Å². The summed E-state index contributed by atoms with van der Waals surface area (Å²) < 4.78 is 2.00. The molecular weight excluding hydrogens is 232 g/mol. The molecule has 0 saturated carbocycles. The summed E-state index contributed by atoms with van der Waals surface area (Å²) in [5.74, 6) is 0. The van der Waals surface area contributed by atoms with Gasteiger partial charge in [-0.3, -0.25) is 0 Å². The summed E-state index contributed by atoms with van der Waals surface area (Å²) in [6.07, 6.45) is 5.77. The highest BCUT2D eigenvalue weighted by Gasteiger charge is 2.07. The number of fused-ring (bicyclic) bond motifs is 1. The van der Waals surface area contributed by atoms with Gasteiger partial charge in [-0.1, -0.05) is 30.3 Å². The lowest BCUT2D eigenvalue weighted by atomic mass is 9.95. The van der Waals surface area contributed by atoms with Crippen molar-refractivity contribution in [3.8, 4) is 0 Å². The standard InChI is InChI=1S/C17H16N2/c1-12-4-5-16(13(2)10-12)14(3)15-6-8-19-9-7-18-17(19)11-15/h4-11H,3H2,1-2H3. The SMILES string of the molecule is C=C(c1ccn2ccnc2c1)c1ccc(C)cc1C. The zero-order chi connectivity index (χ0) is 13.4. The van der Waals surface area contributed by atoms with Crippen molar-refractivity contribution in [2.45, 2.75) is 13.8 Å². The monoisotopic (exact) mass is 248 g/mol. The Morgan fingerprint density at radius 3 is 2.74 bits per heavy atom. The lowest BCUT2D eigenvalue weighted by molar-refractivity contribution is 1.18. The van der Waals surface area contributed by atoms with Gasteiger partial charge in [0.1, 0.15) is 5.65 Å². The van der Waals surface area contributed by atoms with Crippen molar-refractivity contribution >= 4 is 11.2 Å². The maximum atomic E-state index is 4.31. The highest BCUT2D eigenvalue weighted by atomic mass is 15.0. The summed E-state index contributed by atoms with van der Waals surface area (Å²) in [5, 5.41) is 0. The predicted molar refractivity (Wildman–Crippen MR) is 79.2 cm³/mol. The van der Waals surface area contributed by atoms with E-state index < -0.39 is 0 Å². The number of hydrogen-bond acceptors (Lipinski definition) is 1. The predicted octanol–water partition coefficient (Wildman–Crippen LogP) is 4.01. The molecule has 0 spiro atoms. The smallest absolute Gasteiger partial charge is 0.137 e. The molecule has 0 aliphatic rings. The molecule has 0 aliphatic carbocycles. The Labute approximate surface area is 113 Å². The summed E-state index contributed by atoms with van der Waals surface area (Å²) in [4.78, 5) is 4.31. The van der Waals surface area contributed by atoms with Crippen molar-refractivity contribution in [3.05, 3.63) is 77.8 Å². The Balaban J connectivity index is 2.07. The molecule has 0 fully saturated rings. The highest BCUT2D eigenvalue weighted by molar-refractivity contribution is 5.80. The van der Waals surface area contributed by atoms with E-state index in [2.05, 4.69) is 55.7 Å². The van der Waals surface area contributed by atoms with Gasteiger partial charge >= 0.3 is 0 Å². The van der Waals surface area contributed by atoms with Gasteiger partial charge in [-0.05, 0) is 48.2 Å². The van der Waals surface area contributed by atoms with Crippen molar-refractivity contribution in [2.24, 2.45) is 0 Å². The molecule has 2 heterocycles. The third-order valence-corrected chi connectivity index (χ3v) is 3.45. The van der Waals surface area contributed by atoms with Gasteiger partial charge in [0, 0.05) is 18.6 Å². The van der Waals surface area contributed by atoms with Gasteiger partial charge in [-0.25, -0.2) is 4.98 Å². The summed E-state index contributed by atoms with van der Waals surface area (Å²) in [5.41, 5.74) is 6.84. The molecule has 94 valence electrons. The molecule has 0 radical (unpaired) electrons. The number of imidazole rings is 1. The van der Waals surface area contributed by atoms with Crippen molar-refractivity contribution in [1.29, 1.82) is 0 Å². The molecule has 3 aromatic rings. The van der Waals surface area contributed by atoms with Crippen molar-refractivity contribution in [2.75, 3.05) is 0 Å². The Hall–Kier alpha value is -2.35. The number of benzene rings is 1. The van der Waals surface area contributed by atoms with Crippen LogP contribution in [-0.2, 0) is 0 Å². The van der Waals surface area contributed by atoms with E-state index in [1.807, 2.05) is 16.8 Å². The Kier molecular flexibility index (Phi) is 2.71. The minimum atomic E-state index is 0.948. The van der Waals surface area contributed by atoms with E-state index in [-0.39, 0.29) is 0 Å². The van der Waals surface area contributed by atoms with Crippen molar-refractivity contribution < 1.29 is 0 Å². The van der Waals surface area contributed by atoms with Crippen molar-refractivity contribution in [1.82, 2.24) is 9.38 Å². The van der Waals surface area contributed by atoms with Crippen LogP contribution in [0.25, 0.3) is 11.2 Å². The zero-order valence-corrected chi connectivity index (χ0v) is 11.2. The number of hydrogen-bond donors (Lipinski definition) is 0. The van der Waals surface area contributed by atoms with E-state index in [1.165, 1.54) is 16.7 Å². The fourth-order valence-electron chi connectivity index (χ4n) is 2.41. The average molecular weight is 248 g/mol. The van der Waals surface area contributed by atoms with Crippen LogP contribution >= 0.6 is 0 Å². The first-order chi connectivity index (χ1) is 9.15. The molecule has 2 aromatic heterocycles. The Morgan fingerprint density at radius 1 is 1.11 bits per heavy atom. The number of aryl methyl sites for hydroxylation is 2. The number of rotatable bonds is 2. The van der Waals surface area contributed by atoms with Crippen LogP contribution in [0.1, 0.15) is 22.3 Å². The maximum absolute atomic E-state index is 4.31. The maximum Gasteiger partial charge on any atom is 0.137 e. The molecule has 0 saturated heterocycles. The summed E-state index contributed by atoms with van der Waals surface area (Å²) in [7, 11) is 0. The highest BCUT2D eigenvalue weighted by Crippen LogP contribution is 2.25. The number of aromatic nitrogens is 2. The molecular formula is C17H16N2. The Morgan fingerprint density at radius 2 is 1.95 bits per heavy atom. The van der Waals surface area contributed by atoms with E-state index in [9.17, 15) is 0 Å². The van der Waals surface area contributed by atoms with Crippen LogP contribution in [0, 0.1) is 13.8 Å². The second-order valence-electron chi connectivity index (χ2n) is 4.91. The molecule has 2 heteroatoms. The first-order valence-corrected chi connectivity index (χ1v) is 6.35. The zero-order valence-electron chi connectivity index (χ0n) is 11.2. The van der Waals surface area contributed by atoms with Gasteiger partial charge < -0.3 is 4.40 Å². The van der Waals surface area contributed by atoms with E-state index in [4.69, 9.17) is 0 Å². The summed E-state index contributed by atoms with van der Waals surface area (Å²) in [6.45, 7) is 8.47. The minimum absolute atomic E-state index is 0.948. The van der Waals surface area contributed by atoms with Crippen molar-refractivity contribution in [3.63, 3.8) is 0 Å². The van der Waals surface area contributed by atoms with Crippen LogP contribution < -0.4 is 0 Å². The molecule has 2 nitrogen and oxygen atoms in total. The van der Waals surface area contributed by atoms with Crippen LogP contribution in [0.3, 0.4) is 0 Å². The molecule has 0 amide bonds. The summed E-state index contributed by atoms with van der Waals surface area (Å²) in [6, 6.07) is 10.6. The number of nitrogens with zero attached hydrogens (tertiary/aromatic N) is 2. The van der Waals surface area contributed by atoms with Gasteiger partial charge in [0.05, 0.1) is 0 Å². The van der Waals surface area contributed by atoms with Gasteiger partial charge in [-0.2, -0.15) is 0 Å². The molecule has 19 heavy (non-hydrogen) atoms. The fourth-order valence-corrected chi connectivity index (χ4v) is 2.41. The van der Waals surface area contributed by atoms with Gasteiger partial charge in [-0.15, -0.1) is 0 Å².